The zero-order valence-corrected chi connectivity index (χ0v) is 18.0. The molecule has 1 fully saturated rings. The van der Waals surface area contributed by atoms with Gasteiger partial charge in [0, 0.05) is 28.9 Å². The first-order valence-corrected chi connectivity index (χ1v) is 9.90. The zero-order valence-electron chi connectivity index (χ0n) is 18.0. The van der Waals surface area contributed by atoms with Crippen LogP contribution in [0.25, 0.3) is 0 Å². The third-order valence-electron chi connectivity index (χ3n) is 5.87. The van der Waals surface area contributed by atoms with E-state index < -0.39 is 41.9 Å². The molecule has 2 heterocycles. The first kappa shape index (κ1) is 23.5. The number of rotatable bonds is 6. The molecule has 172 valence electrons. The molecule has 0 bridgehead atoms. The van der Waals surface area contributed by atoms with Crippen LogP contribution in [0.15, 0.2) is 30.5 Å². The van der Waals surface area contributed by atoms with Crippen molar-refractivity contribution in [2.45, 2.75) is 51.9 Å². The summed E-state index contributed by atoms with van der Waals surface area (Å²) in [5, 5.41) is 2.65. The minimum Gasteiger partial charge on any atom is -0.434 e. The van der Waals surface area contributed by atoms with E-state index >= 15 is 0 Å². The second-order valence-corrected chi connectivity index (χ2v) is 8.21. The zero-order chi connectivity index (χ0) is 23.8. The number of halogens is 3. The number of nitrogens with two attached hydrogens (primary N) is 1. The summed E-state index contributed by atoms with van der Waals surface area (Å²) in [6.07, 6.45) is 0.211. The van der Waals surface area contributed by atoms with E-state index in [-0.39, 0.29) is 34.2 Å². The third-order valence-corrected chi connectivity index (χ3v) is 5.87. The Labute approximate surface area is 183 Å². The summed E-state index contributed by atoms with van der Waals surface area (Å²) >= 11 is 0. The summed E-state index contributed by atoms with van der Waals surface area (Å²) in [7, 11) is 0. The van der Waals surface area contributed by atoms with Gasteiger partial charge in [0.1, 0.15) is 23.4 Å². The summed E-state index contributed by atoms with van der Waals surface area (Å²) in [6.45, 7) is 3.54. The van der Waals surface area contributed by atoms with E-state index in [1.807, 2.05) is 6.92 Å². The van der Waals surface area contributed by atoms with Crippen LogP contribution in [0.4, 0.5) is 18.9 Å². The standard InChI is InChI=1S/C22H24F3N3O4/c1-10-14(23)6-5-13(17(10)31-21(24)25)16-11(2)22(3,4)32-18(16)20(30)28-12-7-8-27-15(9-12)19(26)29/h5-9,11,16,18,21H,1-4H3,(H2,26,29)(H,27,28,30)/t11-,16+,18-/m1/s1. The highest BCUT2D eigenvalue weighted by atomic mass is 19.3. The number of carbonyl (C=O) groups is 2. The van der Waals surface area contributed by atoms with Crippen molar-refractivity contribution in [1.29, 1.82) is 0 Å². The van der Waals surface area contributed by atoms with Crippen LogP contribution >= 0.6 is 0 Å². The highest BCUT2D eigenvalue weighted by Crippen LogP contribution is 2.49. The molecule has 3 N–H and O–H groups in total. The molecule has 2 amide bonds. The van der Waals surface area contributed by atoms with Gasteiger partial charge in [-0.1, -0.05) is 13.0 Å². The molecule has 3 atom stereocenters. The van der Waals surface area contributed by atoms with Crippen molar-refractivity contribution in [3.63, 3.8) is 0 Å². The number of nitrogens with zero attached hydrogens (tertiary/aromatic N) is 1. The van der Waals surface area contributed by atoms with E-state index in [9.17, 15) is 22.8 Å². The van der Waals surface area contributed by atoms with Crippen LogP contribution < -0.4 is 15.8 Å². The number of benzene rings is 1. The average molecular weight is 451 g/mol. The monoisotopic (exact) mass is 451 g/mol. The number of hydrogen-bond donors (Lipinski definition) is 2. The molecule has 32 heavy (non-hydrogen) atoms. The topological polar surface area (TPSA) is 104 Å². The molecule has 7 nitrogen and oxygen atoms in total. The van der Waals surface area contributed by atoms with Crippen LogP contribution in [0, 0.1) is 18.7 Å². The van der Waals surface area contributed by atoms with Crippen molar-refractivity contribution in [2.75, 3.05) is 5.32 Å². The van der Waals surface area contributed by atoms with Crippen molar-refractivity contribution in [1.82, 2.24) is 4.98 Å². The lowest BCUT2D eigenvalue weighted by Crippen LogP contribution is -2.33. The maximum absolute atomic E-state index is 14.1. The smallest absolute Gasteiger partial charge is 0.387 e. The van der Waals surface area contributed by atoms with E-state index in [1.165, 1.54) is 31.3 Å². The molecular weight excluding hydrogens is 427 g/mol. The molecule has 1 saturated heterocycles. The molecule has 10 heteroatoms. The number of carbonyl (C=O) groups excluding carboxylic acids is 2. The van der Waals surface area contributed by atoms with Gasteiger partial charge in [0.05, 0.1) is 5.60 Å². The summed E-state index contributed by atoms with van der Waals surface area (Å²) < 4.78 is 51.0. The highest BCUT2D eigenvalue weighted by Gasteiger charge is 2.51. The Morgan fingerprint density at radius 1 is 1.28 bits per heavy atom. The number of hydrogen-bond acceptors (Lipinski definition) is 5. The van der Waals surface area contributed by atoms with E-state index in [0.29, 0.717) is 0 Å². The second kappa shape index (κ2) is 8.78. The SMILES string of the molecule is Cc1c(F)ccc([C@@H]2[C@@H](C)C(C)(C)O[C@H]2C(=O)Nc2ccnc(C(N)=O)c2)c1OC(F)F. The molecule has 0 spiro atoms. The Bertz CT molecular complexity index is 1050. The molecule has 0 radical (unpaired) electrons. The van der Waals surface area contributed by atoms with Gasteiger partial charge in [0.2, 0.25) is 0 Å². The lowest BCUT2D eigenvalue weighted by Gasteiger charge is -2.26. The van der Waals surface area contributed by atoms with Crippen molar-refractivity contribution in [3.05, 3.63) is 53.1 Å². The van der Waals surface area contributed by atoms with Crippen molar-refractivity contribution >= 4 is 17.5 Å². The van der Waals surface area contributed by atoms with Gasteiger partial charge in [-0.2, -0.15) is 8.78 Å². The number of amides is 2. The van der Waals surface area contributed by atoms with Crippen LogP contribution in [-0.2, 0) is 9.53 Å². The maximum atomic E-state index is 14.1. The number of aromatic nitrogens is 1. The minimum atomic E-state index is -3.17. The highest BCUT2D eigenvalue weighted by molar-refractivity contribution is 5.97. The average Bonchev–Trinajstić information content (AvgIpc) is 2.95. The molecule has 0 unspecified atom stereocenters. The number of ether oxygens (including phenoxy) is 2. The van der Waals surface area contributed by atoms with Crippen LogP contribution in [0.3, 0.4) is 0 Å². The summed E-state index contributed by atoms with van der Waals surface area (Å²) in [5.41, 5.74) is 4.81. The van der Waals surface area contributed by atoms with Crippen molar-refractivity contribution < 1.29 is 32.2 Å². The van der Waals surface area contributed by atoms with Crippen LogP contribution in [0.2, 0.25) is 0 Å². The number of alkyl halides is 2. The number of primary amides is 1. The fraction of sp³-hybridized carbons (Fsp3) is 0.409. The van der Waals surface area contributed by atoms with Gasteiger partial charge in [0.15, 0.2) is 0 Å². The number of nitrogens with one attached hydrogen (secondary N) is 1. The molecule has 1 aliphatic rings. The molecule has 1 aliphatic heterocycles. The Hall–Kier alpha value is -3.14. The van der Waals surface area contributed by atoms with Gasteiger partial charge in [-0.15, -0.1) is 0 Å². The van der Waals surface area contributed by atoms with E-state index in [0.717, 1.165) is 6.07 Å². The molecule has 1 aromatic carbocycles. The van der Waals surface area contributed by atoms with Gasteiger partial charge < -0.3 is 20.5 Å². The van der Waals surface area contributed by atoms with Gasteiger partial charge in [-0.3, -0.25) is 14.6 Å². The number of anilines is 1. The Balaban J connectivity index is 2.01. The van der Waals surface area contributed by atoms with Crippen LogP contribution in [-0.4, -0.2) is 35.1 Å². The molecule has 0 saturated carbocycles. The summed E-state index contributed by atoms with van der Waals surface area (Å²) in [6, 6.07) is 5.27. The van der Waals surface area contributed by atoms with Crippen LogP contribution in [0.1, 0.15) is 48.3 Å². The number of pyridine rings is 1. The molecule has 0 aliphatic carbocycles. The first-order valence-electron chi connectivity index (χ1n) is 9.90. The second-order valence-electron chi connectivity index (χ2n) is 8.21. The normalized spacial score (nSPS) is 22.1. The molecule has 2 aromatic rings. The lowest BCUT2D eigenvalue weighted by atomic mass is 9.77. The molecule has 1 aromatic heterocycles. The summed E-state index contributed by atoms with van der Waals surface area (Å²) in [4.78, 5) is 28.3. The van der Waals surface area contributed by atoms with Crippen molar-refractivity contribution in [3.8, 4) is 5.75 Å². The van der Waals surface area contributed by atoms with Crippen molar-refractivity contribution in [2.24, 2.45) is 11.7 Å². The van der Waals surface area contributed by atoms with Crippen LogP contribution in [0.5, 0.6) is 5.75 Å². The first-order chi connectivity index (χ1) is 14.9. The maximum Gasteiger partial charge on any atom is 0.387 e. The predicted molar refractivity (Wildman–Crippen MR) is 110 cm³/mol. The van der Waals surface area contributed by atoms with Gasteiger partial charge >= 0.3 is 6.61 Å². The largest absolute Gasteiger partial charge is 0.434 e. The van der Waals surface area contributed by atoms with E-state index in [1.54, 1.807) is 13.8 Å². The lowest BCUT2D eigenvalue weighted by molar-refractivity contribution is -0.131. The minimum absolute atomic E-state index is 0.0397. The Morgan fingerprint density at radius 3 is 2.59 bits per heavy atom. The fourth-order valence-electron chi connectivity index (χ4n) is 3.90. The molecular formula is C22H24F3N3O4. The Kier molecular flexibility index (Phi) is 6.45. The summed E-state index contributed by atoms with van der Waals surface area (Å²) in [5.74, 6) is -3.37. The van der Waals surface area contributed by atoms with E-state index in [2.05, 4.69) is 15.0 Å². The Morgan fingerprint density at radius 2 is 1.97 bits per heavy atom. The molecule has 3 rings (SSSR count). The van der Waals surface area contributed by atoms with Gasteiger partial charge in [-0.05, 0) is 44.9 Å². The van der Waals surface area contributed by atoms with Gasteiger partial charge in [0.25, 0.3) is 11.8 Å². The van der Waals surface area contributed by atoms with Gasteiger partial charge in [-0.25, -0.2) is 4.39 Å². The third kappa shape index (κ3) is 4.55. The fourth-order valence-corrected chi connectivity index (χ4v) is 3.90. The van der Waals surface area contributed by atoms with E-state index in [4.69, 9.17) is 10.5 Å². The quantitative estimate of drug-likeness (QED) is 0.696. The predicted octanol–water partition coefficient (Wildman–Crippen LogP) is 3.77.